The Morgan fingerprint density at radius 2 is 1.00 bits per heavy atom. The number of nitrogens with zero attached hydrogens (tertiary/aromatic N) is 1. The van der Waals surface area contributed by atoms with E-state index >= 15 is 0 Å². The predicted octanol–water partition coefficient (Wildman–Crippen LogP) is 13.0. The smallest absolute Gasteiger partial charge is 0.268 e. The van der Waals surface area contributed by atoms with Crippen LogP contribution in [0.5, 0.6) is 0 Å². The van der Waals surface area contributed by atoms with Crippen molar-refractivity contribution in [3.63, 3.8) is 0 Å². The van der Waals surface area contributed by atoms with Crippen molar-refractivity contribution in [3.05, 3.63) is 48.6 Å². The Bertz CT molecular complexity index is 1090. The van der Waals surface area contributed by atoms with Gasteiger partial charge in [0, 0.05) is 6.42 Å². The highest BCUT2D eigenvalue weighted by Crippen LogP contribution is 2.38. The third-order valence-electron chi connectivity index (χ3n) is 10.5. The van der Waals surface area contributed by atoms with Gasteiger partial charge in [-0.3, -0.25) is 9.36 Å². The normalized spacial score (nSPS) is 14.7. The molecule has 0 aromatic carbocycles. The molecule has 0 rings (SSSR count). The first-order valence-electron chi connectivity index (χ1n) is 24.0. The van der Waals surface area contributed by atoms with E-state index in [4.69, 9.17) is 9.05 Å². The van der Waals surface area contributed by atoms with E-state index in [1.807, 2.05) is 27.2 Å². The summed E-state index contributed by atoms with van der Waals surface area (Å²) in [6.07, 6.45) is 51.5. The van der Waals surface area contributed by atoms with Crippen LogP contribution < -0.4 is 10.2 Å². The number of likely N-dealkylation sites (N-methyl/N-ethyl adjacent to an activating group) is 1. The fourth-order valence-electron chi connectivity index (χ4n) is 6.69. The molecular formula is C49H93N2O6P. The average Bonchev–Trinajstić information content (AvgIpc) is 3.17. The Balaban J connectivity index is 4.41. The molecule has 0 heterocycles. The van der Waals surface area contributed by atoms with Gasteiger partial charge in [-0.25, -0.2) is 0 Å². The minimum atomic E-state index is -4.59. The Kier molecular flexibility index (Phi) is 39.8. The summed E-state index contributed by atoms with van der Waals surface area (Å²) >= 11 is 0. The topological polar surface area (TPSA) is 108 Å². The number of phosphoric acid groups is 1. The fourth-order valence-corrected chi connectivity index (χ4v) is 7.41. The molecule has 0 aliphatic heterocycles. The lowest BCUT2D eigenvalue weighted by Gasteiger charge is -2.29. The summed E-state index contributed by atoms with van der Waals surface area (Å²) in [7, 11) is 1.25. The maximum absolute atomic E-state index is 12.9. The second kappa shape index (κ2) is 40.8. The molecule has 0 aromatic rings. The third-order valence-corrected chi connectivity index (χ3v) is 11.5. The SMILES string of the molecule is CCCCC/C=C\C/C=C\C/C=C\CCCCCCCCC(=O)NC(COP(=O)([O-])OCC[N+](C)(C)C)C(O)/C=C/CCCCCCCCCCCCCCCCC. The summed E-state index contributed by atoms with van der Waals surface area (Å²) in [6, 6.07) is -0.894. The molecule has 0 bridgehead atoms. The molecule has 2 N–H and O–H groups in total. The van der Waals surface area contributed by atoms with Crippen molar-refractivity contribution in [3.8, 4) is 0 Å². The van der Waals surface area contributed by atoms with Gasteiger partial charge in [0.25, 0.3) is 7.82 Å². The van der Waals surface area contributed by atoms with Gasteiger partial charge in [-0.1, -0.05) is 191 Å². The first-order chi connectivity index (χ1) is 28.0. The van der Waals surface area contributed by atoms with Crippen LogP contribution in [0.25, 0.3) is 0 Å². The zero-order valence-electron chi connectivity index (χ0n) is 38.5. The number of aliphatic hydroxyl groups excluding tert-OH is 1. The molecule has 8 nitrogen and oxygen atoms in total. The number of hydrogen-bond donors (Lipinski definition) is 2. The first kappa shape index (κ1) is 56.5. The largest absolute Gasteiger partial charge is 0.756 e. The third kappa shape index (κ3) is 42.6. The molecule has 0 saturated carbocycles. The van der Waals surface area contributed by atoms with Crippen molar-refractivity contribution in [1.29, 1.82) is 0 Å². The summed E-state index contributed by atoms with van der Waals surface area (Å²) in [5.41, 5.74) is 0. The van der Waals surface area contributed by atoms with Crippen molar-refractivity contribution < 1.29 is 32.9 Å². The lowest BCUT2D eigenvalue weighted by molar-refractivity contribution is -0.870. The molecular weight excluding hydrogens is 744 g/mol. The number of rotatable bonds is 43. The summed E-state index contributed by atoms with van der Waals surface area (Å²) in [6.45, 7) is 4.61. The number of aliphatic hydroxyl groups is 1. The van der Waals surface area contributed by atoms with Gasteiger partial charge < -0.3 is 28.8 Å². The van der Waals surface area contributed by atoms with Gasteiger partial charge in [-0.2, -0.15) is 0 Å². The predicted molar refractivity (Wildman–Crippen MR) is 247 cm³/mol. The molecule has 0 saturated heterocycles. The van der Waals surface area contributed by atoms with Crippen LogP contribution in [0.3, 0.4) is 0 Å². The van der Waals surface area contributed by atoms with Gasteiger partial charge in [0.1, 0.15) is 13.2 Å². The average molecular weight is 837 g/mol. The van der Waals surface area contributed by atoms with E-state index in [0.29, 0.717) is 17.4 Å². The van der Waals surface area contributed by atoms with Gasteiger partial charge in [0.15, 0.2) is 0 Å². The van der Waals surface area contributed by atoms with Crippen LogP contribution in [-0.2, 0) is 18.4 Å². The van der Waals surface area contributed by atoms with Crippen LogP contribution in [0.4, 0.5) is 0 Å². The highest BCUT2D eigenvalue weighted by molar-refractivity contribution is 7.45. The van der Waals surface area contributed by atoms with E-state index in [0.717, 1.165) is 64.2 Å². The van der Waals surface area contributed by atoms with Gasteiger partial charge in [-0.05, 0) is 57.8 Å². The standard InChI is InChI=1S/C49H93N2O6P/c1-6-8-10-12-14-16-18-20-22-24-25-27-29-31-33-35-37-39-41-43-49(53)50-47(46-57-58(54,55)56-45-44-51(3,4)5)48(52)42-40-38-36-34-32-30-28-26-23-21-19-17-15-13-11-9-7-2/h14,16,20,22,25,27,40,42,47-48,52H,6-13,15,17-19,21,23-24,26,28-39,41,43-46H2,1-5H3,(H-,50,53,54,55)/b16-14-,22-20-,27-25-,42-40+. The van der Waals surface area contributed by atoms with Crippen LogP contribution in [0.2, 0.25) is 0 Å². The zero-order valence-corrected chi connectivity index (χ0v) is 39.4. The molecule has 0 aliphatic rings. The van der Waals surface area contributed by atoms with E-state index in [9.17, 15) is 19.4 Å². The Hall–Kier alpha value is -1.54. The van der Waals surface area contributed by atoms with E-state index in [1.54, 1.807) is 6.08 Å². The van der Waals surface area contributed by atoms with E-state index in [2.05, 4.69) is 55.6 Å². The molecule has 340 valence electrons. The quantitative estimate of drug-likeness (QED) is 0.0274. The number of hydrogen-bond acceptors (Lipinski definition) is 6. The lowest BCUT2D eigenvalue weighted by atomic mass is 10.0. The Labute approximate surface area is 359 Å². The highest BCUT2D eigenvalue weighted by Gasteiger charge is 2.23. The molecule has 3 unspecified atom stereocenters. The van der Waals surface area contributed by atoms with Gasteiger partial charge in [0.05, 0.1) is 39.9 Å². The number of carbonyl (C=O) groups excluding carboxylic acids is 1. The minimum Gasteiger partial charge on any atom is -0.756 e. The molecule has 0 fully saturated rings. The number of phosphoric ester groups is 1. The van der Waals surface area contributed by atoms with Crippen molar-refractivity contribution in [2.24, 2.45) is 0 Å². The van der Waals surface area contributed by atoms with Gasteiger partial charge in [0.2, 0.25) is 5.91 Å². The monoisotopic (exact) mass is 837 g/mol. The van der Waals surface area contributed by atoms with E-state index in [-0.39, 0.29) is 19.1 Å². The summed E-state index contributed by atoms with van der Waals surface area (Å²) in [5.74, 6) is -0.211. The number of quaternary nitrogens is 1. The fraction of sp³-hybridized carbons (Fsp3) is 0.816. The second-order valence-electron chi connectivity index (χ2n) is 17.5. The van der Waals surface area contributed by atoms with Gasteiger partial charge >= 0.3 is 0 Å². The molecule has 9 heteroatoms. The van der Waals surface area contributed by atoms with Gasteiger partial charge in [-0.15, -0.1) is 0 Å². The number of carbonyl (C=O) groups is 1. The van der Waals surface area contributed by atoms with Crippen molar-refractivity contribution in [1.82, 2.24) is 5.32 Å². The summed E-state index contributed by atoms with van der Waals surface area (Å²) < 4.78 is 23.2. The number of nitrogens with one attached hydrogen (secondary N) is 1. The Morgan fingerprint density at radius 3 is 1.48 bits per heavy atom. The molecule has 0 aliphatic carbocycles. The van der Waals surface area contributed by atoms with Crippen LogP contribution >= 0.6 is 7.82 Å². The highest BCUT2D eigenvalue weighted by atomic mass is 31.2. The molecule has 1 amide bonds. The number of amides is 1. The van der Waals surface area contributed by atoms with Crippen LogP contribution in [0.1, 0.15) is 206 Å². The molecule has 3 atom stereocenters. The summed E-state index contributed by atoms with van der Waals surface area (Å²) in [5, 5.41) is 13.8. The second-order valence-corrected chi connectivity index (χ2v) is 18.9. The Morgan fingerprint density at radius 1 is 0.603 bits per heavy atom. The van der Waals surface area contributed by atoms with Crippen molar-refractivity contribution >= 4 is 13.7 Å². The molecule has 0 radical (unpaired) electrons. The van der Waals surface area contributed by atoms with Crippen LogP contribution in [0, 0.1) is 0 Å². The van der Waals surface area contributed by atoms with Crippen LogP contribution in [0.15, 0.2) is 48.6 Å². The van der Waals surface area contributed by atoms with Crippen molar-refractivity contribution in [2.45, 2.75) is 219 Å². The van der Waals surface area contributed by atoms with E-state index < -0.39 is 20.0 Å². The molecule has 0 aromatic heterocycles. The molecule has 0 spiro atoms. The lowest BCUT2D eigenvalue weighted by Crippen LogP contribution is -2.45. The summed E-state index contributed by atoms with van der Waals surface area (Å²) in [4.78, 5) is 25.4. The first-order valence-corrected chi connectivity index (χ1v) is 25.5. The maximum atomic E-state index is 12.9. The van der Waals surface area contributed by atoms with Crippen LogP contribution in [-0.4, -0.2) is 68.5 Å². The maximum Gasteiger partial charge on any atom is 0.268 e. The zero-order chi connectivity index (χ0) is 42.8. The van der Waals surface area contributed by atoms with E-state index in [1.165, 1.54) is 122 Å². The number of unbranched alkanes of at least 4 members (excludes halogenated alkanes) is 24. The molecule has 58 heavy (non-hydrogen) atoms. The number of allylic oxidation sites excluding steroid dienone is 7. The van der Waals surface area contributed by atoms with Crippen molar-refractivity contribution in [2.75, 3.05) is 40.9 Å². The minimum absolute atomic E-state index is 0.00507.